The van der Waals surface area contributed by atoms with Gasteiger partial charge in [-0.3, -0.25) is 9.69 Å². The van der Waals surface area contributed by atoms with Gasteiger partial charge < -0.3 is 14.8 Å². The summed E-state index contributed by atoms with van der Waals surface area (Å²) in [6, 6.07) is 17.1. The fraction of sp³-hybridized carbons (Fsp3) is 0.154. The van der Waals surface area contributed by atoms with Gasteiger partial charge in [0.25, 0.3) is 5.91 Å². The summed E-state index contributed by atoms with van der Waals surface area (Å²) in [5.74, 6) is 0.156. The van der Waals surface area contributed by atoms with Crippen LogP contribution in [0.5, 0.6) is 11.5 Å². The summed E-state index contributed by atoms with van der Waals surface area (Å²) in [5, 5.41) is 2.64. The number of ether oxygens (including phenoxy) is 2. The SMILES string of the molecule is COc1cc(/C=C2/NC(=O)N(Cc3cccc(C)c3)C2=O)cc(I)c1OCc1ccccc1F. The van der Waals surface area contributed by atoms with Crippen LogP contribution < -0.4 is 14.8 Å². The van der Waals surface area contributed by atoms with Crippen LogP contribution in [-0.2, 0) is 17.9 Å². The van der Waals surface area contributed by atoms with Gasteiger partial charge in [-0.2, -0.15) is 0 Å². The predicted molar refractivity (Wildman–Crippen MR) is 135 cm³/mol. The maximum atomic E-state index is 13.9. The van der Waals surface area contributed by atoms with Crippen molar-refractivity contribution in [1.82, 2.24) is 10.2 Å². The minimum absolute atomic E-state index is 0.0436. The number of imide groups is 1. The molecule has 0 bridgehead atoms. The number of hydrogen-bond acceptors (Lipinski definition) is 4. The lowest BCUT2D eigenvalue weighted by Crippen LogP contribution is -2.30. The number of amides is 3. The van der Waals surface area contributed by atoms with Crippen LogP contribution in [0.4, 0.5) is 9.18 Å². The minimum atomic E-state index is -0.468. The predicted octanol–water partition coefficient (Wildman–Crippen LogP) is 5.42. The largest absolute Gasteiger partial charge is 0.493 e. The van der Waals surface area contributed by atoms with E-state index in [0.29, 0.717) is 26.2 Å². The Balaban J connectivity index is 1.54. The molecule has 1 saturated heterocycles. The standard InChI is InChI=1S/C26H22FIN2O4/c1-16-6-5-7-17(10-16)14-30-25(31)22(29-26(30)32)12-18-11-21(28)24(23(13-18)33-2)34-15-19-8-3-4-9-20(19)27/h3-13H,14-15H2,1-2H3,(H,29,32)/b22-12+. The summed E-state index contributed by atoms with van der Waals surface area (Å²) in [6.07, 6.45) is 1.60. The zero-order valence-electron chi connectivity index (χ0n) is 18.6. The van der Waals surface area contributed by atoms with Crippen LogP contribution in [0.15, 0.2) is 66.4 Å². The fourth-order valence-electron chi connectivity index (χ4n) is 3.60. The molecule has 174 valence electrons. The summed E-state index contributed by atoms with van der Waals surface area (Å²) in [4.78, 5) is 26.5. The van der Waals surface area contributed by atoms with Crippen molar-refractivity contribution in [3.63, 3.8) is 0 Å². The van der Waals surface area contributed by atoms with Crippen molar-refractivity contribution in [2.24, 2.45) is 0 Å². The van der Waals surface area contributed by atoms with Crippen LogP contribution in [-0.4, -0.2) is 23.9 Å². The monoisotopic (exact) mass is 572 g/mol. The Bertz CT molecular complexity index is 1290. The molecule has 1 heterocycles. The molecule has 1 fully saturated rings. The van der Waals surface area contributed by atoms with E-state index in [9.17, 15) is 14.0 Å². The van der Waals surface area contributed by atoms with E-state index in [1.54, 1.807) is 36.4 Å². The first-order valence-corrected chi connectivity index (χ1v) is 11.6. The second kappa shape index (κ2) is 10.3. The first-order chi connectivity index (χ1) is 16.4. The van der Waals surface area contributed by atoms with Crippen LogP contribution in [0.25, 0.3) is 6.08 Å². The Hall–Kier alpha value is -3.40. The molecule has 3 amide bonds. The molecular formula is C26H22FIN2O4. The quantitative estimate of drug-likeness (QED) is 0.233. The first kappa shape index (κ1) is 23.7. The Morgan fingerprint density at radius 2 is 1.88 bits per heavy atom. The lowest BCUT2D eigenvalue weighted by atomic mass is 10.1. The average molecular weight is 572 g/mol. The summed E-state index contributed by atoms with van der Waals surface area (Å²) in [6.45, 7) is 2.19. The van der Waals surface area contributed by atoms with Gasteiger partial charge in [0.15, 0.2) is 11.5 Å². The summed E-state index contributed by atoms with van der Waals surface area (Å²) >= 11 is 2.09. The molecule has 8 heteroatoms. The van der Waals surface area contributed by atoms with E-state index < -0.39 is 11.9 Å². The summed E-state index contributed by atoms with van der Waals surface area (Å²) in [7, 11) is 1.50. The number of benzene rings is 3. The molecule has 0 saturated carbocycles. The number of nitrogens with zero attached hydrogens (tertiary/aromatic N) is 1. The zero-order valence-corrected chi connectivity index (χ0v) is 20.8. The molecule has 34 heavy (non-hydrogen) atoms. The number of rotatable bonds is 7. The Morgan fingerprint density at radius 3 is 2.62 bits per heavy atom. The molecular weight excluding hydrogens is 550 g/mol. The topological polar surface area (TPSA) is 67.9 Å². The highest BCUT2D eigenvalue weighted by Crippen LogP contribution is 2.35. The number of nitrogens with one attached hydrogen (secondary N) is 1. The van der Waals surface area contributed by atoms with E-state index in [1.807, 2.05) is 31.2 Å². The number of hydrogen-bond donors (Lipinski definition) is 1. The summed E-state index contributed by atoms with van der Waals surface area (Å²) in [5.41, 5.74) is 3.19. The highest BCUT2D eigenvalue weighted by molar-refractivity contribution is 14.1. The first-order valence-electron chi connectivity index (χ1n) is 10.5. The van der Waals surface area contributed by atoms with E-state index in [-0.39, 0.29) is 24.7 Å². The smallest absolute Gasteiger partial charge is 0.329 e. The lowest BCUT2D eigenvalue weighted by molar-refractivity contribution is -0.123. The third-order valence-corrected chi connectivity index (χ3v) is 6.08. The minimum Gasteiger partial charge on any atom is -0.493 e. The molecule has 3 aromatic carbocycles. The maximum Gasteiger partial charge on any atom is 0.329 e. The zero-order chi connectivity index (χ0) is 24.2. The second-order valence-corrected chi connectivity index (χ2v) is 8.94. The van der Waals surface area contributed by atoms with Gasteiger partial charge >= 0.3 is 6.03 Å². The van der Waals surface area contributed by atoms with Crippen LogP contribution in [0.3, 0.4) is 0 Å². The Morgan fingerprint density at radius 1 is 1.09 bits per heavy atom. The molecule has 1 aliphatic heterocycles. The van der Waals surface area contributed by atoms with E-state index in [1.165, 1.54) is 18.1 Å². The summed E-state index contributed by atoms with van der Waals surface area (Å²) < 4.78 is 26.0. The third-order valence-electron chi connectivity index (χ3n) is 5.28. The van der Waals surface area contributed by atoms with E-state index in [4.69, 9.17) is 9.47 Å². The molecule has 0 spiro atoms. The van der Waals surface area contributed by atoms with Gasteiger partial charge in [-0.25, -0.2) is 9.18 Å². The molecule has 0 unspecified atom stereocenters. The third kappa shape index (κ3) is 5.22. The molecule has 4 rings (SSSR count). The fourth-order valence-corrected chi connectivity index (χ4v) is 4.38. The van der Waals surface area contributed by atoms with Crippen molar-refractivity contribution < 1.29 is 23.5 Å². The van der Waals surface area contributed by atoms with Crippen molar-refractivity contribution in [3.05, 3.63) is 98.0 Å². The Kier molecular flexibility index (Phi) is 7.16. The van der Waals surface area contributed by atoms with Crippen LogP contribution in [0.2, 0.25) is 0 Å². The number of aryl methyl sites for hydroxylation is 1. The van der Waals surface area contributed by atoms with Crippen molar-refractivity contribution in [3.8, 4) is 11.5 Å². The van der Waals surface area contributed by atoms with Gasteiger partial charge in [-0.15, -0.1) is 0 Å². The molecule has 0 radical (unpaired) electrons. The Labute approximate surface area is 210 Å². The molecule has 1 aliphatic rings. The van der Waals surface area contributed by atoms with E-state index >= 15 is 0 Å². The molecule has 6 nitrogen and oxygen atoms in total. The maximum absolute atomic E-state index is 13.9. The second-order valence-electron chi connectivity index (χ2n) is 7.78. The molecule has 0 atom stereocenters. The van der Waals surface area contributed by atoms with Crippen LogP contribution in [0.1, 0.15) is 22.3 Å². The number of carbonyl (C=O) groups excluding carboxylic acids is 2. The highest BCUT2D eigenvalue weighted by Gasteiger charge is 2.33. The number of methoxy groups -OCH3 is 1. The van der Waals surface area contributed by atoms with Crippen molar-refractivity contribution in [2.75, 3.05) is 7.11 Å². The van der Waals surface area contributed by atoms with Crippen molar-refractivity contribution >= 4 is 40.6 Å². The van der Waals surface area contributed by atoms with Gasteiger partial charge in [0.2, 0.25) is 0 Å². The van der Waals surface area contributed by atoms with Crippen molar-refractivity contribution in [1.29, 1.82) is 0 Å². The normalized spacial score (nSPS) is 14.5. The van der Waals surface area contributed by atoms with Crippen molar-refractivity contribution in [2.45, 2.75) is 20.1 Å². The number of carbonyl (C=O) groups is 2. The number of halogens is 2. The highest BCUT2D eigenvalue weighted by atomic mass is 127. The van der Waals surface area contributed by atoms with E-state index in [0.717, 1.165) is 11.1 Å². The lowest BCUT2D eigenvalue weighted by Gasteiger charge is -2.14. The molecule has 3 aromatic rings. The van der Waals surface area contributed by atoms with Gasteiger partial charge in [0.1, 0.15) is 18.1 Å². The van der Waals surface area contributed by atoms with Gasteiger partial charge in [0, 0.05) is 5.56 Å². The van der Waals surface area contributed by atoms with Crippen LogP contribution in [0, 0.1) is 16.3 Å². The van der Waals surface area contributed by atoms with Gasteiger partial charge in [-0.1, -0.05) is 48.0 Å². The van der Waals surface area contributed by atoms with Gasteiger partial charge in [0.05, 0.1) is 17.2 Å². The van der Waals surface area contributed by atoms with Crippen LogP contribution >= 0.6 is 22.6 Å². The number of urea groups is 1. The average Bonchev–Trinajstić information content (AvgIpc) is 3.06. The molecule has 0 aliphatic carbocycles. The van der Waals surface area contributed by atoms with E-state index in [2.05, 4.69) is 27.9 Å². The molecule has 0 aromatic heterocycles. The molecule has 1 N–H and O–H groups in total. The van der Waals surface area contributed by atoms with Gasteiger partial charge in [-0.05, 0) is 64.9 Å².